The van der Waals surface area contributed by atoms with Crippen LogP contribution < -0.4 is 10.0 Å². The van der Waals surface area contributed by atoms with E-state index in [0.717, 1.165) is 19.3 Å². The van der Waals surface area contributed by atoms with Crippen molar-refractivity contribution in [2.75, 3.05) is 12.4 Å². The van der Waals surface area contributed by atoms with Crippen molar-refractivity contribution in [3.05, 3.63) is 0 Å². The quantitative estimate of drug-likeness (QED) is 0.216. The molecule has 0 spiro atoms. The fourth-order valence-corrected chi connectivity index (χ4v) is 5.61. The number of aliphatic hydroxyl groups is 1. The zero-order chi connectivity index (χ0) is 24.5. The maximum atomic E-state index is 12.6. The van der Waals surface area contributed by atoms with Gasteiger partial charge in [-0.2, -0.15) is 0 Å². The molecule has 1 aliphatic rings. The van der Waals surface area contributed by atoms with Crippen molar-refractivity contribution in [1.82, 2.24) is 10.0 Å². The van der Waals surface area contributed by atoms with Crippen LogP contribution in [0.5, 0.6) is 0 Å². The Bertz CT molecular complexity index is 612. The van der Waals surface area contributed by atoms with Gasteiger partial charge in [0.25, 0.3) is 0 Å². The second-order valence-corrected chi connectivity index (χ2v) is 11.9. The highest BCUT2D eigenvalue weighted by Crippen LogP contribution is 2.14. The minimum absolute atomic E-state index is 0.0435. The molecule has 8 heteroatoms. The number of sulfonamides is 1. The molecular weight excluding hydrogens is 440 g/mol. The molecule has 1 aliphatic heterocycles. The SMILES string of the molecule is CCCCCCCCCCCCCCCS(=O)(=O)NC(CC(C)C)C(=O)N[C@H]1CCOC1O. The molecule has 0 aromatic carbocycles. The molecule has 7 nitrogen and oxygen atoms in total. The van der Waals surface area contributed by atoms with Crippen molar-refractivity contribution < 1.29 is 23.1 Å². The summed E-state index contributed by atoms with van der Waals surface area (Å²) in [5, 5.41) is 12.5. The van der Waals surface area contributed by atoms with Crippen molar-refractivity contribution in [2.45, 2.75) is 135 Å². The average Bonchev–Trinajstić information content (AvgIpc) is 3.14. The van der Waals surface area contributed by atoms with Gasteiger partial charge in [0, 0.05) is 0 Å². The Balaban J connectivity index is 2.20. The molecule has 0 aromatic rings. The number of hydrogen-bond acceptors (Lipinski definition) is 5. The molecule has 0 saturated carbocycles. The maximum Gasteiger partial charge on any atom is 0.238 e. The molecule has 0 aromatic heterocycles. The first-order valence-corrected chi connectivity index (χ1v) is 15.0. The van der Waals surface area contributed by atoms with E-state index in [1.165, 1.54) is 57.8 Å². The van der Waals surface area contributed by atoms with Crippen molar-refractivity contribution in [1.29, 1.82) is 0 Å². The molecule has 2 unspecified atom stereocenters. The van der Waals surface area contributed by atoms with Crippen LogP contribution in [0.25, 0.3) is 0 Å². The molecule has 1 saturated heterocycles. The summed E-state index contributed by atoms with van der Waals surface area (Å²) >= 11 is 0. The van der Waals surface area contributed by atoms with Crippen LogP contribution in [-0.4, -0.2) is 50.2 Å². The van der Waals surface area contributed by atoms with Gasteiger partial charge in [-0.1, -0.05) is 97.8 Å². The van der Waals surface area contributed by atoms with E-state index >= 15 is 0 Å². The van der Waals surface area contributed by atoms with E-state index in [2.05, 4.69) is 17.0 Å². The first kappa shape index (κ1) is 30.3. The number of rotatable bonds is 20. The molecular formula is C25H50N2O5S. The highest BCUT2D eigenvalue weighted by molar-refractivity contribution is 7.89. The lowest BCUT2D eigenvalue weighted by Crippen LogP contribution is -2.52. The van der Waals surface area contributed by atoms with Crippen molar-refractivity contribution in [3.8, 4) is 0 Å². The summed E-state index contributed by atoms with van der Waals surface area (Å²) in [5.41, 5.74) is 0. The summed E-state index contributed by atoms with van der Waals surface area (Å²) < 4.78 is 32.8. The molecule has 1 amide bonds. The Hall–Kier alpha value is -0.700. The second kappa shape index (κ2) is 17.7. The Morgan fingerprint density at radius 3 is 1.91 bits per heavy atom. The van der Waals surface area contributed by atoms with Gasteiger partial charge >= 0.3 is 0 Å². The lowest BCUT2D eigenvalue weighted by Gasteiger charge is -2.23. The van der Waals surface area contributed by atoms with Crippen molar-refractivity contribution in [3.63, 3.8) is 0 Å². The highest BCUT2D eigenvalue weighted by Gasteiger charge is 2.32. The molecule has 0 radical (unpaired) electrons. The first-order chi connectivity index (χ1) is 15.7. The maximum absolute atomic E-state index is 12.6. The Labute approximate surface area is 202 Å². The van der Waals surface area contributed by atoms with E-state index in [1.807, 2.05) is 13.8 Å². The summed E-state index contributed by atoms with van der Waals surface area (Å²) in [5.74, 6) is -0.196. The summed E-state index contributed by atoms with van der Waals surface area (Å²) in [6, 6.07) is -1.32. The van der Waals surface area contributed by atoms with Crippen LogP contribution in [-0.2, 0) is 19.6 Å². The van der Waals surface area contributed by atoms with E-state index in [-0.39, 0.29) is 11.7 Å². The standard InChI is InChI=1S/C25H50N2O5S/c1-4-5-6-7-8-9-10-11-12-13-14-15-16-19-33(30,31)27-23(20-21(2)3)24(28)26-22-17-18-32-25(22)29/h21-23,25,27,29H,4-20H2,1-3H3,(H,26,28)/t22-,23?,25?/m0/s1. The topological polar surface area (TPSA) is 105 Å². The summed E-state index contributed by atoms with van der Waals surface area (Å²) in [7, 11) is -3.54. The van der Waals surface area contributed by atoms with Crippen LogP contribution in [0.3, 0.4) is 0 Å². The zero-order valence-corrected chi connectivity index (χ0v) is 22.1. The predicted octanol–water partition coefficient (Wildman–Crippen LogP) is 4.64. The summed E-state index contributed by atoms with van der Waals surface area (Å²) in [4.78, 5) is 12.6. The Morgan fingerprint density at radius 2 is 1.45 bits per heavy atom. The Morgan fingerprint density at radius 1 is 0.939 bits per heavy atom. The lowest BCUT2D eigenvalue weighted by atomic mass is 10.0. The van der Waals surface area contributed by atoms with Crippen LogP contribution in [0.15, 0.2) is 0 Å². The monoisotopic (exact) mass is 490 g/mol. The zero-order valence-electron chi connectivity index (χ0n) is 21.3. The van der Waals surface area contributed by atoms with E-state index < -0.39 is 34.3 Å². The fourth-order valence-electron chi connectivity index (χ4n) is 4.27. The van der Waals surface area contributed by atoms with Gasteiger partial charge in [-0.3, -0.25) is 4.79 Å². The van der Waals surface area contributed by atoms with Gasteiger partial charge in [-0.05, 0) is 25.2 Å². The van der Waals surface area contributed by atoms with Crippen LogP contribution in [0.1, 0.15) is 117 Å². The summed E-state index contributed by atoms with van der Waals surface area (Å²) in [6.45, 7) is 6.53. The van der Waals surface area contributed by atoms with Gasteiger partial charge in [-0.15, -0.1) is 0 Å². The number of carbonyl (C=O) groups is 1. The van der Waals surface area contributed by atoms with Crippen LogP contribution >= 0.6 is 0 Å². The third kappa shape index (κ3) is 15.0. The number of unbranched alkanes of at least 4 members (excludes halogenated alkanes) is 12. The van der Waals surface area contributed by atoms with Gasteiger partial charge in [-0.25, -0.2) is 13.1 Å². The molecule has 3 N–H and O–H groups in total. The lowest BCUT2D eigenvalue weighted by molar-refractivity contribution is -0.127. The number of aliphatic hydroxyl groups excluding tert-OH is 1. The van der Waals surface area contributed by atoms with E-state index in [9.17, 15) is 18.3 Å². The summed E-state index contributed by atoms with van der Waals surface area (Å²) in [6.07, 6.45) is 15.5. The molecule has 196 valence electrons. The van der Waals surface area contributed by atoms with Crippen molar-refractivity contribution >= 4 is 15.9 Å². The van der Waals surface area contributed by atoms with Crippen LogP contribution in [0, 0.1) is 5.92 Å². The fraction of sp³-hybridized carbons (Fsp3) is 0.960. The first-order valence-electron chi connectivity index (χ1n) is 13.3. The molecule has 3 atom stereocenters. The van der Waals surface area contributed by atoms with Gasteiger partial charge in [0.05, 0.1) is 18.4 Å². The van der Waals surface area contributed by atoms with Gasteiger partial charge in [0.1, 0.15) is 6.04 Å². The normalized spacial score (nSPS) is 19.8. The number of carbonyl (C=O) groups excluding carboxylic acids is 1. The van der Waals surface area contributed by atoms with E-state index in [0.29, 0.717) is 25.9 Å². The number of hydrogen-bond donors (Lipinski definition) is 3. The molecule has 0 aliphatic carbocycles. The van der Waals surface area contributed by atoms with Crippen LogP contribution in [0.4, 0.5) is 0 Å². The highest BCUT2D eigenvalue weighted by atomic mass is 32.2. The van der Waals surface area contributed by atoms with E-state index in [4.69, 9.17) is 4.74 Å². The molecule has 1 heterocycles. The van der Waals surface area contributed by atoms with Crippen molar-refractivity contribution in [2.24, 2.45) is 5.92 Å². The average molecular weight is 491 g/mol. The largest absolute Gasteiger partial charge is 0.366 e. The van der Waals surface area contributed by atoms with E-state index in [1.54, 1.807) is 0 Å². The van der Waals surface area contributed by atoms with Gasteiger partial charge < -0.3 is 15.2 Å². The number of ether oxygens (including phenoxy) is 1. The minimum Gasteiger partial charge on any atom is -0.366 e. The predicted molar refractivity (Wildman–Crippen MR) is 134 cm³/mol. The number of nitrogens with one attached hydrogen (secondary N) is 2. The molecule has 33 heavy (non-hydrogen) atoms. The molecule has 0 bridgehead atoms. The molecule has 1 fully saturated rings. The van der Waals surface area contributed by atoms with Gasteiger partial charge in [0.2, 0.25) is 15.9 Å². The Kier molecular flexibility index (Phi) is 16.3. The minimum atomic E-state index is -3.54. The van der Waals surface area contributed by atoms with Gasteiger partial charge in [0.15, 0.2) is 6.29 Å². The second-order valence-electron chi connectivity index (χ2n) is 10.0. The third-order valence-corrected chi connectivity index (χ3v) is 7.72. The molecule has 1 rings (SSSR count). The third-order valence-electron chi connectivity index (χ3n) is 6.25. The van der Waals surface area contributed by atoms with Crippen LogP contribution in [0.2, 0.25) is 0 Å². The smallest absolute Gasteiger partial charge is 0.238 e. The number of amides is 1.